The van der Waals surface area contributed by atoms with E-state index in [1.54, 1.807) is 0 Å². The molecule has 0 unspecified atom stereocenters. The molecule has 2 aliphatic heterocycles. The lowest BCUT2D eigenvalue weighted by molar-refractivity contribution is -0.158. The van der Waals surface area contributed by atoms with Crippen LogP contribution >= 0.6 is 0 Å². The summed E-state index contributed by atoms with van der Waals surface area (Å²) in [5.41, 5.74) is -0.424. The molecule has 13 heteroatoms. The van der Waals surface area contributed by atoms with E-state index in [-0.39, 0.29) is 23.3 Å². The van der Waals surface area contributed by atoms with Gasteiger partial charge in [0.1, 0.15) is 29.6 Å². The van der Waals surface area contributed by atoms with E-state index in [1.807, 2.05) is 4.72 Å². The van der Waals surface area contributed by atoms with Gasteiger partial charge in [0.15, 0.2) is 0 Å². The summed E-state index contributed by atoms with van der Waals surface area (Å²) in [5.74, 6) is -7.21. The normalized spacial score (nSPS) is 23.7. The van der Waals surface area contributed by atoms with Gasteiger partial charge in [-0.15, -0.1) is 0 Å². The molecule has 0 saturated carbocycles. The number of likely N-dealkylation sites (tertiary alicyclic amines) is 1. The van der Waals surface area contributed by atoms with Gasteiger partial charge in [0.2, 0.25) is 0 Å². The standard InChI is InChI=1S/C23H24F5N3O4S/c1-30(2)36(33,34)29-21-18(31(12-23(21,27)28)22(32)19-6-7-35-19)10-13-4-3-5-17(20(13)26)14-8-15(24)11-16(25)9-14/h3-5,8-9,11,18-19,21,29H,6-7,10,12H2,1-2H3/t18-,19-,21+/m0/s1. The number of nitrogens with one attached hydrogen (secondary N) is 1. The highest BCUT2D eigenvalue weighted by atomic mass is 32.2. The maximum absolute atomic E-state index is 15.5. The highest BCUT2D eigenvalue weighted by Gasteiger charge is 2.58. The minimum atomic E-state index is -4.35. The molecule has 2 aromatic carbocycles. The summed E-state index contributed by atoms with van der Waals surface area (Å²) in [6, 6.07) is 2.87. The third-order valence-electron chi connectivity index (χ3n) is 6.32. The van der Waals surface area contributed by atoms with Crippen molar-refractivity contribution >= 4 is 16.1 Å². The van der Waals surface area contributed by atoms with Crippen LogP contribution < -0.4 is 4.72 Å². The Bertz CT molecular complexity index is 1250. The van der Waals surface area contributed by atoms with Crippen LogP contribution in [0.3, 0.4) is 0 Å². The van der Waals surface area contributed by atoms with Crippen LogP contribution in [0.4, 0.5) is 22.0 Å². The number of alkyl halides is 2. The van der Waals surface area contributed by atoms with Gasteiger partial charge >= 0.3 is 0 Å². The van der Waals surface area contributed by atoms with Gasteiger partial charge in [-0.3, -0.25) is 4.79 Å². The molecule has 3 atom stereocenters. The van der Waals surface area contributed by atoms with Crippen molar-refractivity contribution in [1.82, 2.24) is 13.9 Å². The van der Waals surface area contributed by atoms with Crippen molar-refractivity contribution in [3.63, 3.8) is 0 Å². The largest absolute Gasteiger partial charge is 0.368 e. The van der Waals surface area contributed by atoms with E-state index in [0.717, 1.165) is 31.1 Å². The molecule has 0 aromatic heterocycles. The molecule has 0 radical (unpaired) electrons. The van der Waals surface area contributed by atoms with Crippen LogP contribution in [-0.4, -0.2) is 74.9 Å². The summed E-state index contributed by atoms with van der Waals surface area (Å²) >= 11 is 0. The predicted octanol–water partition coefficient (Wildman–Crippen LogP) is 2.71. The minimum absolute atomic E-state index is 0.107. The Kier molecular flexibility index (Phi) is 7.12. The molecule has 36 heavy (non-hydrogen) atoms. The molecular weight excluding hydrogens is 509 g/mol. The van der Waals surface area contributed by atoms with Crippen LogP contribution in [0.2, 0.25) is 0 Å². The van der Waals surface area contributed by atoms with Crippen molar-refractivity contribution in [3.8, 4) is 11.1 Å². The number of halogens is 5. The lowest BCUT2D eigenvalue weighted by Crippen LogP contribution is -2.55. The van der Waals surface area contributed by atoms with E-state index in [2.05, 4.69) is 0 Å². The third kappa shape index (κ3) is 5.10. The third-order valence-corrected chi connectivity index (χ3v) is 7.83. The summed E-state index contributed by atoms with van der Waals surface area (Å²) < 4.78 is 106. The Morgan fingerprint density at radius 2 is 1.81 bits per heavy atom. The van der Waals surface area contributed by atoms with Crippen molar-refractivity contribution in [2.24, 2.45) is 0 Å². The lowest BCUT2D eigenvalue weighted by atomic mass is 9.95. The molecule has 0 aliphatic carbocycles. The van der Waals surface area contributed by atoms with Crippen molar-refractivity contribution in [2.45, 2.75) is 37.0 Å². The molecule has 4 rings (SSSR count). The summed E-state index contributed by atoms with van der Waals surface area (Å²) in [4.78, 5) is 13.7. The first kappa shape index (κ1) is 26.5. The molecule has 0 bridgehead atoms. The molecule has 2 fully saturated rings. The Labute approximate surface area is 205 Å². The number of rotatable bonds is 7. The van der Waals surface area contributed by atoms with Crippen LogP contribution in [0.15, 0.2) is 36.4 Å². The summed E-state index contributed by atoms with van der Waals surface area (Å²) in [7, 11) is -2.05. The number of hydrogen-bond donors (Lipinski definition) is 1. The van der Waals surface area contributed by atoms with Gasteiger partial charge in [-0.2, -0.15) is 17.4 Å². The summed E-state index contributed by atoms with van der Waals surface area (Å²) in [5, 5.41) is 0. The van der Waals surface area contributed by atoms with Gasteiger partial charge in [-0.05, 0) is 29.7 Å². The monoisotopic (exact) mass is 533 g/mol. The van der Waals surface area contributed by atoms with E-state index in [9.17, 15) is 22.0 Å². The van der Waals surface area contributed by atoms with Gasteiger partial charge in [0.25, 0.3) is 22.0 Å². The van der Waals surface area contributed by atoms with Crippen LogP contribution in [-0.2, 0) is 26.2 Å². The number of carbonyl (C=O) groups excluding carboxylic acids is 1. The van der Waals surface area contributed by atoms with Gasteiger partial charge < -0.3 is 9.64 Å². The number of ether oxygens (including phenoxy) is 1. The zero-order valence-electron chi connectivity index (χ0n) is 19.4. The molecule has 7 nitrogen and oxygen atoms in total. The molecule has 2 aliphatic rings. The second-order valence-corrected chi connectivity index (χ2v) is 10.9. The molecule has 0 spiro atoms. The van der Waals surface area contributed by atoms with E-state index < -0.39 is 70.6 Å². The first-order valence-corrected chi connectivity index (χ1v) is 12.5. The zero-order valence-corrected chi connectivity index (χ0v) is 20.2. The van der Waals surface area contributed by atoms with Crippen molar-refractivity contribution in [3.05, 3.63) is 59.4 Å². The van der Waals surface area contributed by atoms with E-state index in [4.69, 9.17) is 4.74 Å². The minimum Gasteiger partial charge on any atom is -0.368 e. The van der Waals surface area contributed by atoms with E-state index >= 15 is 13.2 Å². The van der Waals surface area contributed by atoms with E-state index in [1.165, 1.54) is 18.2 Å². The number of benzene rings is 2. The smallest absolute Gasteiger partial charge is 0.283 e. The highest BCUT2D eigenvalue weighted by Crippen LogP contribution is 2.37. The maximum atomic E-state index is 15.5. The molecule has 2 aromatic rings. The fourth-order valence-electron chi connectivity index (χ4n) is 4.31. The lowest BCUT2D eigenvalue weighted by Gasteiger charge is -2.34. The fourth-order valence-corrected chi connectivity index (χ4v) is 5.18. The topological polar surface area (TPSA) is 79.0 Å². The molecule has 1 amide bonds. The number of carbonyl (C=O) groups is 1. The Morgan fingerprint density at radius 1 is 1.17 bits per heavy atom. The quantitative estimate of drug-likeness (QED) is 0.556. The van der Waals surface area contributed by atoms with Crippen molar-refractivity contribution < 1.29 is 39.9 Å². The second kappa shape index (κ2) is 9.69. The molecule has 2 heterocycles. The zero-order chi connectivity index (χ0) is 26.4. The predicted molar refractivity (Wildman–Crippen MR) is 120 cm³/mol. The Morgan fingerprint density at radius 3 is 2.36 bits per heavy atom. The van der Waals surface area contributed by atoms with Gasteiger partial charge in [0, 0.05) is 32.1 Å². The van der Waals surface area contributed by atoms with Gasteiger partial charge in [0.05, 0.1) is 19.2 Å². The van der Waals surface area contributed by atoms with Crippen LogP contribution in [0.5, 0.6) is 0 Å². The van der Waals surface area contributed by atoms with Crippen LogP contribution in [0.25, 0.3) is 11.1 Å². The Balaban J connectivity index is 1.74. The number of amides is 1. The highest BCUT2D eigenvalue weighted by molar-refractivity contribution is 7.87. The molecule has 196 valence electrons. The second-order valence-electron chi connectivity index (χ2n) is 8.97. The van der Waals surface area contributed by atoms with E-state index in [0.29, 0.717) is 16.8 Å². The number of nitrogens with zero attached hydrogens (tertiary/aromatic N) is 2. The average Bonchev–Trinajstić information content (AvgIpc) is 2.97. The van der Waals surface area contributed by atoms with Crippen LogP contribution in [0, 0.1) is 17.5 Å². The SMILES string of the molecule is CN(C)S(=O)(=O)N[C@@H]1[C@H](Cc2cccc(-c3cc(F)cc(F)c3)c2F)N(C(=O)[C@@H]2CCO2)CC1(F)F. The first-order chi connectivity index (χ1) is 16.8. The maximum Gasteiger partial charge on any atom is 0.283 e. The van der Waals surface area contributed by atoms with Crippen molar-refractivity contribution in [1.29, 1.82) is 0 Å². The van der Waals surface area contributed by atoms with Crippen molar-refractivity contribution in [2.75, 3.05) is 27.2 Å². The molecule has 2 saturated heterocycles. The summed E-state index contributed by atoms with van der Waals surface area (Å²) in [6.07, 6.45) is -1.12. The number of hydrogen-bond acceptors (Lipinski definition) is 4. The van der Waals surface area contributed by atoms with Crippen LogP contribution in [0.1, 0.15) is 12.0 Å². The average molecular weight is 534 g/mol. The first-order valence-electron chi connectivity index (χ1n) is 11.0. The summed E-state index contributed by atoms with van der Waals surface area (Å²) in [6.45, 7) is -0.809. The molecule has 1 N–H and O–H groups in total. The Hall–Kier alpha value is -2.61. The van der Waals surface area contributed by atoms with Gasteiger partial charge in [-0.25, -0.2) is 22.0 Å². The fraction of sp³-hybridized carbons (Fsp3) is 0.435. The van der Waals surface area contributed by atoms with Gasteiger partial charge in [-0.1, -0.05) is 18.2 Å². The molecular formula is C23H24F5N3O4S.